The number of para-hydroxylation sites is 2. The number of ether oxygens (including phenoxy) is 2. The summed E-state index contributed by atoms with van der Waals surface area (Å²) in [7, 11) is 1.66. The van der Waals surface area contributed by atoms with Gasteiger partial charge in [-0.1, -0.05) is 39.0 Å². The fourth-order valence-corrected chi connectivity index (χ4v) is 4.66. The number of nitrogens with zero attached hydrogens (tertiary/aromatic N) is 4. The number of piperazine rings is 1. The first-order chi connectivity index (χ1) is 17.7. The van der Waals surface area contributed by atoms with E-state index in [1.807, 2.05) is 42.5 Å². The van der Waals surface area contributed by atoms with E-state index in [-0.39, 0.29) is 36.1 Å². The van der Waals surface area contributed by atoms with Gasteiger partial charge in [-0.05, 0) is 35.2 Å². The lowest BCUT2D eigenvalue weighted by Gasteiger charge is -2.36. The van der Waals surface area contributed by atoms with Gasteiger partial charge in [-0.3, -0.25) is 14.5 Å². The third-order valence-corrected chi connectivity index (χ3v) is 6.82. The summed E-state index contributed by atoms with van der Waals surface area (Å²) in [5, 5.41) is 0. The molecule has 9 nitrogen and oxygen atoms in total. The Morgan fingerprint density at radius 3 is 2.54 bits per heavy atom. The van der Waals surface area contributed by atoms with Gasteiger partial charge in [0.1, 0.15) is 24.3 Å². The quantitative estimate of drug-likeness (QED) is 0.521. The van der Waals surface area contributed by atoms with Gasteiger partial charge < -0.3 is 23.7 Å². The van der Waals surface area contributed by atoms with Crippen molar-refractivity contribution < 1.29 is 23.5 Å². The van der Waals surface area contributed by atoms with Gasteiger partial charge in [-0.15, -0.1) is 0 Å². The molecule has 0 atom stereocenters. The first-order valence-corrected chi connectivity index (χ1v) is 12.4. The molecule has 2 aliphatic heterocycles. The van der Waals surface area contributed by atoms with E-state index in [0.717, 1.165) is 17.0 Å². The van der Waals surface area contributed by atoms with Crippen LogP contribution in [0.3, 0.4) is 0 Å². The molecule has 0 aliphatic carbocycles. The van der Waals surface area contributed by atoms with Crippen LogP contribution in [0.4, 0.5) is 11.4 Å². The lowest BCUT2D eigenvalue weighted by molar-refractivity contribution is -0.121. The first-order valence-electron chi connectivity index (χ1n) is 12.4. The van der Waals surface area contributed by atoms with Gasteiger partial charge >= 0.3 is 0 Å². The molecule has 3 aromatic rings. The van der Waals surface area contributed by atoms with E-state index < -0.39 is 0 Å². The molecule has 1 aromatic heterocycles. The fraction of sp³-hybridized carbons (Fsp3) is 0.393. The predicted molar refractivity (Wildman–Crippen MR) is 139 cm³/mol. The number of fused-ring (bicyclic) bond motifs is 1. The minimum absolute atomic E-state index is 0.0508. The maximum atomic E-state index is 13.1. The van der Waals surface area contributed by atoms with Gasteiger partial charge in [0.25, 0.3) is 11.8 Å². The molecule has 2 amide bonds. The van der Waals surface area contributed by atoms with Crippen molar-refractivity contribution in [2.45, 2.75) is 32.7 Å². The van der Waals surface area contributed by atoms with Gasteiger partial charge in [-0.2, -0.15) is 0 Å². The number of rotatable bonds is 5. The largest absolute Gasteiger partial charge is 0.495 e. The van der Waals surface area contributed by atoms with Crippen LogP contribution in [-0.4, -0.2) is 61.6 Å². The van der Waals surface area contributed by atoms with Crippen LogP contribution in [0, 0.1) is 0 Å². The molecule has 1 saturated heterocycles. The molecule has 0 bridgehead atoms. The van der Waals surface area contributed by atoms with Gasteiger partial charge in [0.15, 0.2) is 12.3 Å². The predicted octanol–water partition coefficient (Wildman–Crippen LogP) is 3.87. The van der Waals surface area contributed by atoms with Crippen molar-refractivity contribution in [2.24, 2.45) is 0 Å². The average Bonchev–Trinajstić information content (AvgIpc) is 3.38. The normalized spacial score (nSPS) is 15.9. The number of amides is 2. The molecular formula is C28H32N4O5. The summed E-state index contributed by atoms with van der Waals surface area (Å²) in [5.74, 6) is 1.40. The minimum atomic E-state index is -0.183. The van der Waals surface area contributed by atoms with E-state index in [0.29, 0.717) is 43.5 Å². The zero-order valence-corrected chi connectivity index (χ0v) is 21.7. The van der Waals surface area contributed by atoms with Crippen LogP contribution >= 0.6 is 0 Å². The molecule has 0 unspecified atom stereocenters. The van der Waals surface area contributed by atoms with Crippen molar-refractivity contribution in [3.05, 3.63) is 65.9 Å². The Balaban J connectivity index is 1.27. The number of anilines is 2. The molecule has 3 heterocycles. The zero-order chi connectivity index (χ0) is 26.2. The number of carbonyl (C=O) groups excluding carboxylic acids is 2. The van der Waals surface area contributed by atoms with Gasteiger partial charge in [0, 0.05) is 26.2 Å². The molecule has 0 saturated carbocycles. The SMILES string of the molecule is COc1ccccc1N1CCN(C(=O)c2coc(CN3C(=O)COc4ccc(C(C)(C)C)cc43)n2)CC1. The van der Waals surface area contributed by atoms with E-state index in [4.69, 9.17) is 13.9 Å². The van der Waals surface area contributed by atoms with Crippen molar-refractivity contribution in [3.8, 4) is 11.5 Å². The van der Waals surface area contributed by atoms with Gasteiger partial charge in [0.2, 0.25) is 5.89 Å². The Kier molecular flexibility index (Phi) is 6.54. The van der Waals surface area contributed by atoms with E-state index in [1.54, 1.807) is 16.9 Å². The molecule has 37 heavy (non-hydrogen) atoms. The average molecular weight is 505 g/mol. The number of methoxy groups -OCH3 is 1. The maximum absolute atomic E-state index is 13.1. The van der Waals surface area contributed by atoms with E-state index in [9.17, 15) is 9.59 Å². The first kappa shape index (κ1) is 24.7. The van der Waals surface area contributed by atoms with Crippen LogP contribution < -0.4 is 19.3 Å². The van der Waals surface area contributed by atoms with Crippen molar-refractivity contribution in [1.82, 2.24) is 9.88 Å². The lowest BCUT2D eigenvalue weighted by Crippen LogP contribution is -2.49. The number of aromatic nitrogens is 1. The standard InChI is InChI=1S/C28H32N4O5/c1-28(2,3)19-9-10-24-22(15-19)32(26(33)18-36-24)16-25-29-20(17-37-25)27(34)31-13-11-30(12-14-31)21-7-5-6-8-23(21)35-4/h5-10,15,17H,11-14,16,18H2,1-4H3. The fourth-order valence-electron chi connectivity index (χ4n) is 4.66. The Morgan fingerprint density at radius 2 is 1.81 bits per heavy atom. The summed E-state index contributed by atoms with van der Waals surface area (Å²) in [5.41, 5.74) is 2.95. The van der Waals surface area contributed by atoms with Crippen LogP contribution in [0.25, 0.3) is 0 Å². The Morgan fingerprint density at radius 1 is 1.05 bits per heavy atom. The third kappa shape index (κ3) is 4.98. The molecule has 1 fully saturated rings. The maximum Gasteiger partial charge on any atom is 0.275 e. The topological polar surface area (TPSA) is 88.4 Å². The molecule has 5 rings (SSSR count). The van der Waals surface area contributed by atoms with Crippen molar-refractivity contribution in [2.75, 3.05) is 49.7 Å². The van der Waals surface area contributed by atoms with E-state index in [1.165, 1.54) is 6.26 Å². The van der Waals surface area contributed by atoms with Crippen LogP contribution in [0.5, 0.6) is 11.5 Å². The summed E-state index contributed by atoms with van der Waals surface area (Å²) in [6.07, 6.45) is 1.38. The molecule has 0 N–H and O–H groups in total. The molecule has 9 heteroatoms. The highest BCUT2D eigenvalue weighted by molar-refractivity contribution is 5.98. The van der Waals surface area contributed by atoms with Crippen molar-refractivity contribution >= 4 is 23.2 Å². The Labute approximate surface area is 216 Å². The molecule has 194 valence electrons. The Bertz CT molecular complexity index is 1300. The van der Waals surface area contributed by atoms with E-state index >= 15 is 0 Å². The summed E-state index contributed by atoms with van der Waals surface area (Å²) in [4.78, 5) is 35.9. The minimum Gasteiger partial charge on any atom is -0.495 e. The summed E-state index contributed by atoms with van der Waals surface area (Å²) in [6.45, 7) is 8.92. The highest BCUT2D eigenvalue weighted by Gasteiger charge is 2.30. The lowest BCUT2D eigenvalue weighted by atomic mass is 9.86. The summed E-state index contributed by atoms with van der Waals surface area (Å²) >= 11 is 0. The second-order valence-corrected chi connectivity index (χ2v) is 10.3. The van der Waals surface area contributed by atoms with Crippen LogP contribution in [0.2, 0.25) is 0 Å². The summed E-state index contributed by atoms with van der Waals surface area (Å²) in [6, 6.07) is 13.8. The summed E-state index contributed by atoms with van der Waals surface area (Å²) < 4.78 is 16.8. The second-order valence-electron chi connectivity index (χ2n) is 10.3. The van der Waals surface area contributed by atoms with Gasteiger partial charge in [-0.25, -0.2) is 4.98 Å². The molecule has 0 radical (unpaired) electrons. The highest BCUT2D eigenvalue weighted by atomic mass is 16.5. The van der Waals surface area contributed by atoms with Gasteiger partial charge in [0.05, 0.1) is 18.5 Å². The molecule has 0 spiro atoms. The third-order valence-electron chi connectivity index (χ3n) is 6.82. The molecular weight excluding hydrogens is 472 g/mol. The van der Waals surface area contributed by atoms with Crippen LogP contribution in [-0.2, 0) is 16.8 Å². The van der Waals surface area contributed by atoms with Crippen LogP contribution in [0.15, 0.2) is 53.1 Å². The zero-order valence-electron chi connectivity index (χ0n) is 21.7. The monoisotopic (exact) mass is 504 g/mol. The number of hydrogen-bond acceptors (Lipinski definition) is 7. The smallest absolute Gasteiger partial charge is 0.275 e. The molecule has 2 aromatic carbocycles. The number of hydrogen-bond donors (Lipinski definition) is 0. The number of oxazole rings is 1. The van der Waals surface area contributed by atoms with Crippen LogP contribution in [0.1, 0.15) is 42.7 Å². The van der Waals surface area contributed by atoms with Crippen molar-refractivity contribution in [1.29, 1.82) is 0 Å². The highest BCUT2D eigenvalue weighted by Crippen LogP contribution is 2.37. The second kappa shape index (κ2) is 9.80. The Hall–Kier alpha value is -4.01. The number of carbonyl (C=O) groups is 2. The van der Waals surface area contributed by atoms with E-state index in [2.05, 4.69) is 30.7 Å². The number of benzene rings is 2. The molecule has 2 aliphatic rings. The van der Waals surface area contributed by atoms with Crippen molar-refractivity contribution in [3.63, 3.8) is 0 Å².